The predicted molar refractivity (Wildman–Crippen MR) is 103 cm³/mol. The first-order valence-corrected chi connectivity index (χ1v) is 7.90. The summed E-state index contributed by atoms with van der Waals surface area (Å²) in [6.07, 6.45) is 0. The monoisotopic (exact) mass is 439 g/mol. The van der Waals surface area contributed by atoms with Gasteiger partial charge in [0.15, 0.2) is 5.96 Å². The summed E-state index contributed by atoms with van der Waals surface area (Å²) in [4.78, 5) is 21.2. The number of aromatic nitrogens is 1. The van der Waals surface area contributed by atoms with Crippen LogP contribution in [0.1, 0.15) is 29.4 Å². The van der Waals surface area contributed by atoms with Gasteiger partial charge in [0.05, 0.1) is 17.2 Å². The zero-order valence-corrected chi connectivity index (χ0v) is 17.0. The summed E-state index contributed by atoms with van der Waals surface area (Å²) in [5.74, 6) is 0.801. The van der Waals surface area contributed by atoms with Gasteiger partial charge in [0.25, 0.3) is 0 Å². The van der Waals surface area contributed by atoms with Gasteiger partial charge in [-0.25, -0.2) is 4.98 Å². The summed E-state index contributed by atoms with van der Waals surface area (Å²) in [7, 11) is 1.73. The summed E-state index contributed by atoms with van der Waals surface area (Å²) in [6, 6.07) is 0. The van der Waals surface area contributed by atoms with E-state index in [4.69, 9.17) is 0 Å². The molecule has 1 heterocycles. The van der Waals surface area contributed by atoms with Crippen LogP contribution in [0.15, 0.2) is 4.99 Å². The number of hydrogen-bond acceptors (Lipinski definition) is 4. The number of amides is 1. The Balaban J connectivity index is 0.00000441. The molecule has 1 rings (SSSR count). The van der Waals surface area contributed by atoms with Gasteiger partial charge in [0.2, 0.25) is 5.91 Å². The quantitative estimate of drug-likeness (QED) is 0.274. The van der Waals surface area contributed by atoms with Crippen LogP contribution in [0.5, 0.6) is 0 Å². The van der Waals surface area contributed by atoms with Crippen molar-refractivity contribution in [3.05, 3.63) is 15.6 Å². The Morgan fingerprint density at radius 1 is 1.23 bits per heavy atom. The summed E-state index contributed by atoms with van der Waals surface area (Å²) in [5, 5.41) is 10.3. The van der Waals surface area contributed by atoms with E-state index in [1.165, 1.54) is 4.88 Å². The molecule has 1 aromatic heterocycles. The lowest BCUT2D eigenvalue weighted by Crippen LogP contribution is -2.41. The van der Waals surface area contributed by atoms with Gasteiger partial charge in [-0.1, -0.05) is 13.8 Å². The van der Waals surface area contributed by atoms with Crippen LogP contribution in [0.25, 0.3) is 0 Å². The molecule has 0 unspecified atom stereocenters. The van der Waals surface area contributed by atoms with Crippen molar-refractivity contribution in [2.24, 2.45) is 10.9 Å². The van der Waals surface area contributed by atoms with Crippen LogP contribution in [-0.4, -0.2) is 37.0 Å². The molecule has 0 spiro atoms. The second-order valence-corrected chi connectivity index (χ2v) is 6.33. The number of aryl methyl sites for hydroxylation is 2. The molecular formula is C14H26IN5OS. The average molecular weight is 439 g/mol. The maximum absolute atomic E-state index is 11.4. The van der Waals surface area contributed by atoms with Crippen molar-refractivity contribution < 1.29 is 4.79 Å². The molecule has 0 aliphatic heterocycles. The van der Waals surface area contributed by atoms with E-state index in [0.29, 0.717) is 19.6 Å². The highest BCUT2D eigenvalue weighted by Gasteiger charge is 2.07. The minimum atomic E-state index is 0. The van der Waals surface area contributed by atoms with E-state index in [-0.39, 0.29) is 35.8 Å². The van der Waals surface area contributed by atoms with E-state index in [0.717, 1.165) is 16.7 Å². The van der Waals surface area contributed by atoms with Gasteiger partial charge in [-0.05, 0) is 13.8 Å². The minimum Gasteiger partial charge on any atom is -0.355 e. The number of carbonyl (C=O) groups excluding carboxylic acids is 1. The minimum absolute atomic E-state index is 0. The Morgan fingerprint density at radius 3 is 2.36 bits per heavy atom. The normalized spacial score (nSPS) is 11.1. The number of carbonyl (C=O) groups is 1. The van der Waals surface area contributed by atoms with Crippen LogP contribution < -0.4 is 16.0 Å². The Hall–Kier alpha value is -0.900. The standard InChI is InChI=1S/C14H25N5OS.HI/c1-9(2)13(20)16-6-7-17-14(15-5)18-8-12-10(3)19-11(4)21-12;/h9H,6-8H2,1-5H3,(H,16,20)(H2,15,17,18);1H. The molecule has 0 aliphatic rings. The molecule has 3 N–H and O–H groups in total. The van der Waals surface area contributed by atoms with E-state index in [9.17, 15) is 4.79 Å². The molecule has 22 heavy (non-hydrogen) atoms. The van der Waals surface area contributed by atoms with Crippen LogP contribution in [0.4, 0.5) is 0 Å². The van der Waals surface area contributed by atoms with Gasteiger partial charge in [0, 0.05) is 30.9 Å². The maximum Gasteiger partial charge on any atom is 0.222 e. The number of thiazole rings is 1. The fourth-order valence-corrected chi connectivity index (χ4v) is 2.57. The van der Waals surface area contributed by atoms with Gasteiger partial charge in [0.1, 0.15) is 0 Å². The van der Waals surface area contributed by atoms with Crippen LogP contribution in [-0.2, 0) is 11.3 Å². The second kappa shape index (κ2) is 10.8. The summed E-state index contributed by atoms with van der Waals surface area (Å²) < 4.78 is 0. The van der Waals surface area contributed by atoms with Crippen LogP contribution >= 0.6 is 35.3 Å². The lowest BCUT2D eigenvalue weighted by molar-refractivity contribution is -0.123. The first-order valence-electron chi connectivity index (χ1n) is 7.09. The zero-order valence-electron chi connectivity index (χ0n) is 13.8. The molecule has 0 fully saturated rings. The third kappa shape index (κ3) is 7.39. The smallest absolute Gasteiger partial charge is 0.222 e. The van der Waals surface area contributed by atoms with Crippen molar-refractivity contribution in [2.45, 2.75) is 34.2 Å². The van der Waals surface area contributed by atoms with Crippen molar-refractivity contribution in [1.82, 2.24) is 20.9 Å². The van der Waals surface area contributed by atoms with E-state index < -0.39 is 0 Å². The third-order valence-electron chi connectivity index (χ3n) is 2.88. The highest BCUT2D eigenvalue weighted by molar-refractivity contribution is 14.0. The van der Waals surface area contributed by atoms with Crippen molar-refractivity contribution in [3.8, 4) is 0 Å². The molecule has 1 amide bonds. The zero-order chi connectivity index (χ0) is 15.8. The first kappa shape index (κ1) is 21.1. The van der Waals surface area contributed by atoms with Crippen LogP contribution in [0.2, 0.25) is 0 Å². The molecule has 1 aromatic rings. The van der Waals surface area contributed by atoms with Crippen molar-refractivity contribution in [1.29, 1.82) is 0 Å². The van der Waals surface area contributed by atoms with E-state index >= 15 is 0 Å². The van der Waals surface area contributed by atoms with Crippen molar-refractivity contribution in [2.75, 3.05) is 20.1 Å². The topological polar surface area (TPSA) is 78.4 Å². The Kier molecular flexibility index (Phi) is 10.3. The van der Waals surface area contributed by atoms with Gasteiger partial charge in [-0.2, -0.15) is 0 Å². The number of nitrogens with zero attached hydrogens (tertiary/aromatic N) is 2. The average Bonchev–Trinajstić information content (AvgIpc) is 2.75. The summed E-state index contributed by atoms with van der Waals surface area (Å²) in [6.45, 7) is 9.69. The number of rotatable bonds is 6. The Bertz CT molecular complexity index is 501. The lowest BCUT2D eigenvalue weighted by Gasteiger charge is -2.12. The van der Waals surface area contributed by atoms with Crippen LogP contribution in [0, 0.1) is 19.8 Å². The molecule has 0 saturated carbocycles. The molecule has 0 saturated heterocycles. The highest BCUT2D eigenvalue weighted by atomic mass is 127. The maximum atomic E-state index is 11.4. The Morgan fingerprint density at radius 2 is 1.86 bits per heavy atom. The van der Waals surface area contributed by atoms with E-state index in [1.54, 1.807) is 18.4 Å². The molecule has 8 heteroatoms. The van der Waals surface area contributed by atoms with Crippen LogP contribution in [0.3, 0.4) is 0 Å². The molecule has 0 radical (unpaired) electrons. The fraction of sp³-hybridized carbons (Fsp3) is 0.643. The number of hydrogen-bond donors (Lipinski definition) is 3. The first-order chi connectivity index (χ1) is 9.93. The predicted octanol–water partition coefficient (Wildman–Crippen LogP) is 1.82. The molecular weight excluding hydrogens is 413 g/mol. The van der Waals surface area contributed by atoms with Gasteiger partial charge >= 0.3 is 0 Å². The summed E-state index contributed by atoms with van der Waals surface area (Å²) >= 11 is 1.69. The fourth-order valence-electron chi connectivity index (χ4n) is 1.69. The van der Waals surface area contributed by atoms with Crippen molar-refractivity contribution >= 4 is 47.2 Å². The molecule has 0 aromatic carbocycles. The number of aliphatic imine (C=N–C) groups is 1. The molecule has 0 bridgehead atoms. The molecule has 0 aliphatic carbocycles. The Labute approximate surface area is 153 Å². The number of guanidine groups is 1. The second-order valence-electron chi connectivity index (χ2n) is 5.04. The van der Waals surface area contributed by atoms with Crippen molar-refractivity contribution in [3.63, 3.8) is 0 Å². The third-order valence-corrected chi connectivity index (χ3v) is 3.95. The van der Waals surface area contributed by atoms with Gasteiger partial charge in [-0.3, -0.25) is 9.79 Å². The highest BCUT2D eigenvalue weighted by Crippen LogP contribution is 2.16. The summed E-state index contributed by atoms with van der Waals surface area (Å²) in [5.41, 5.74) is 1.06. The number of halogens is 1. The van der Waals surface area contributed by atoms with E-state index in [2.05, 4.69) is 25.9 Å². The largest absolute Gasteiger partial charge is 0.355 e. The lowest BCUT2D eigenvalue weighted by atomic mass is 10.2. The molecule has 0 atom stereocenters. The van der Waals surface area contributed by atoms with Gasteiger partial charge in [-0.15, -0.1) is 35.3 Å². The molecule has 6 nitrogen and oxygen atoms in total. The van der Waals surface area contributed by atoms with E-state index in [1.807, 2.05) is 27.7 Å². The SMILES string of the molecule is CN=C(NCCNC(=O)C(C)C)NCc1sc(C)nc1C.I. The van der Waals surface area contributed by atoms with Gasteiger partial charge < -0.3 is 16.0 Å². The number of nitrogens with one attached hydrogen (secondary N) is 3. The molecule has 126 valence electrons.